The second-order valence-corrected chi connectivity index (χ2v) is 6.22. The van der Waals surface area contributed by atoms with Crippen molar-refractivity contribution in [1.82, 2.24) is 9.97 Å². The summed E-state index contributed by atoms with van der Waals surface area (Å²) < 4.78 is 5.13. The molecule has 3 rings (SSSR count). The Bertz CT molecular complexity index is 911. The molecule has 0 radical (unpaired) electrons. The monoisotopic (exact) mass is 362 g/mol. The molecule has 0 bridgehead atoms. The fraction of sp³-hybridized carbons (Fsp3) is 0.190. The second-order valence-electron chi connectivity index (χ2n) is 6.22. The molecule has 0 fully saturated rings. The van der Waals surface area contributed by atoms with Crippen LogP contribution in [0.2, 0.25) is 0 Å². The molecule has 1 N–H and O–H groups in total. The van der Waals surface area contributed by atoms with Crippen molar-refractivity contribution < 1.29 is 9.53 Å². The van der Waals surface area contributed by atoms with Gasteiger partial charge in [0.1, 0.15) is 11.4 Å². The van der Waals surface area contributed by atoms with Crippen LogP contribution < -0.4 is 15.0 Å². The number of nitrogens with one attached hydrogen (secondary N) is 1. The highest BCUT2D eigenvalue weighted by Gasteiger charge is 2.13. The van der Waals surface area contributed by atoms with Gasteiger partial charge in [-0.25, -0.2) is 9.97 Å². The maximum Gasteiger partial charge on any atom is 0.274 e. The number of carbonyl (C=O) groups excluding carboxylic acids is 1. The highest BCUT2D eigenvalue weighted by molar-refractivity contribution is 6.03. The average molecular weight is 362 g/mol. The zero-order valence-corrected chi connectivity index (χ0v) is 15.6. The molecule has 27 heavy (non-hydrogen) atoms. The summed E-state index contributed by atoms with van der Waals surface area (Å²) in [6, 6.07) is 18.9. The third-order valence-electron chi connectivity index (χ3n) is 4.03. The molecule has 0 saturated carbocycles. The van der Waals surface area contributed by atoms with Crippen molar-refractivity contribution in [2.45, 2.75) is 13.5 Å². The minimum atomic E-state index is -0.278. The Labute approximate surface area is 158 Å². The van der Waals surface area contributed by atoms with Crippen LogP contribution in [0.5, 0.6) is 5.75 Å². The molecule has 1 aromatic heterocycles. The highest BCUT2D eigenvalue weighted by atomic mass is 16.5. The van der Waals surface area contributed by atoms with Gasteiger partial charge < -0.3 is 15.0 Å². The third kappa shape index (κ3) is 4.82. The molecular weight excluding hydrogens is 340 g/mol. The first kappa shape index (κ1) is 18.4. The van der Waals surface area contributed by atoms with E-state index in [4.69, 9.17) is 4.74 Å². The zero-order valence-electron chi connectivity index (χ0n) is 15.6. The summed E-state index contributed by atoms with van der Waals surface area (Å²) in [5, 5.41) is 2.85. The summed E-state index contributed by atoms with van der Waals surface area (Å²) in [6.07, 6.45) is 0. The Hall–Kier alpha value is -3.41. The number of aryl methyl sites for hydroxylation is 1. The lowest BCUT2D eigenvalue weighted by atomic mass is 10.2. The number of amides is 1. The fourth-order valence-corrected chi connectivity index (χ4v) is 2.64. The lowest BCUT2D eigenvalue weighted by Crippen LogP contribution is -2.22. The number of nitrogens with zero attached hydrogens (tertiary/aromatic N) is 3. The molecule has 0 aliphatic rings. The summed E-state index contributed by atoms with van der Waals surface area (Å²) >= 11 is 0. The van der Waals surface area contributed by atoms with Crippen LogP contribution in [-0.2, 0) is 6.54 Å². The normalized spacial score (nSPS) is 10.3. The smallest absolute Gasteiger partial charge is 0.274 e. The number of hydrogen-bond donors (Lipinski definition) is 1. The van der Waals surface area contributed by atoms with E-state index in [9.17, 15) is 4.79 Å². The minimum Gasteiger partial charge on any atom is -0.497 e. The molecule has 0 saturated heterocycles. The molecule has 2 aromatic carbocycles. The van der Waals surface area contributed by atoms with Gasteiger partial charge in [-0.3, -0.25) is 4.79 Å². The van der Waals surface area contributed by atoms with E-state index in [1.165, 1.54) is 0 Å². The van der Waals surface area contributed by atoms with Crippen LogP contribution in [0, 0.1) is 6.92 Å². The van der Waals surface area contributed by atoms with E-state index >= 15 is 0 Å². The lowest BCUT2D eigenvalue weighted by molar-refractivity contribution is 0.102. The van der Waals surface area contributed by atoms with E-state index in [0.29, 0.717) is 23.9 Å². The maximum absolute atomic E-state index is 12.6. The van der Waals surface area contributed by atoms with Crippen LogP contribution in [-0.4, -0.2) is 30.0 Å². The van der Waals surface area contributed by atoms with Gasteiger partial charge >= 0.3 is 0 Å². The number of benzene rings is 2. The van der Waals surface area contributed by atoms with Crippen molar-refractivity contribution >= 4 is 17.5 Å². The van der Waals surface area contributed by atoms with Gasteiger partial charge in [0, 0.05) is 25.0 Å². The number of carbonyl (C=O) groups is 1. The Morgan fingerprint density at radius 1 is 1.07 bits per heavy atom. The van der Waals surface area contributed by atoms with Gasteiger partial charge in [0.25, 0.3) is 5.91 Å². The van der Waals surface area contributed by atoms with Crippen molar-refractivity contribution in [3.8, 4) is 5.75 Å². The van der Waals surface area contributed by atoms with Gasteiger partial charge in [-0.05, 0) is 42.8 Å². The molecule has 138 valence electrons. The van der Waals surface area contributed by atoms with Gasteiger partial charge in [0.15, 0.2) is 0 Å². The lowest BCUT2D eigenvalue weighted by Gasteiger charge is -2.18. The molecule has 6 nitrogen and oxygen atoms in total. The van der Waals surface area contributed by atoms with Crippen LogP contribution >= 0.6 is 0 Å². The first-order valence-electron chi connectivity index (χ1n) is 8.61. The van der Waals surface area contributed by atoms with E-state index in [-0.39, 0.29) is 5.91 Å². The van der Waals surface area contributed by atoms with E-state index < -0.39 is 0 Å². The quantitative estimate of drug-likeness (QED) is 0.724. The third-order valence-corrected chi connectivity index (χ3v) is 4.03. The predicted molar refractivity (Wildman–Crippen MR) is 106 cm³/mol. The standard InChI is InChI=1S/C21H22N4O2/c1-15-13-19(20(26)23-17-9-11-18(27-3)12-10-17)24-21(22-15)25(2)14-16-7-5-4-6-8-16/h4-13H,14H2,1-3H3,(H,23,26). The number of aromatic nitrogens is 2. The molecule has 0 atom stereocenters. The SMILES string of the molecule is COc1ccc(NC(=O)c2cc(C)nc(N(C)Cc3ccccc3)n2)cc1. The molecule has 0 aliphatic carbocycles. The summed E-state index contributed by atoms with van der Waals surface area (Å²) in [7, 11) is 3.51. The topological polar surface area (TPSA) is 67.3 Å². The Morgan fingerprint density at radius 3 is 2.44 bits per heavy atom. The summed E-state index contributed by atoms with van der Waals surface area (Å²) in [6.45, 7) is 2.51. The molecular formula is C21H22N4O2. The second kappa shape index (κ2) is 8.31. The van der Waals surface area contributed by atoms with Gasteiger partial charge in [-0.1, -0.05) is 30.3 Å². The van der Waals surface area contributed by atoms with Crippen LogP contribution in [0.25, 0.3) is 0 Å². The van der Waals surface area contributed by atoms with E-state index in [1.54, 1.807) is 37.4 Å². The predicted octanol–water partition coefficient (Wildman–Crippen LogP) is 3.68. The summed E-state index contributed by atoms with van der Waals surface area (Å²) in [4.78, 5) is 23.4. The molecule has 1 amide bonds. The van der Waals surface area contributed by atoms with E-state index in [2.05, 4.69) is 15.3 Å². The number of hydrogen-bond acceptors (Lipinski definition) is 5. The van der Waals surface area contributed by atoms with E-state index in [1.807, 2.05) is 49.2 Å². The zero-order chi connectivity index (χ0) is 19.2. The van der Waals surface area contributed by atoms with Gasteiger partial charge in [0.05, 0.1) is 7.11 Å². The fourth-order valence-electron chi connectivity index (χ4n) is 2.64. The number of rotatable bonds is 6. The Kier molecular flexibility index (Phi) is 5.66. The van der Waals surface area contributed by atoms with E-state index in [0.717, 1.165) is 17.0 Å². The Morgan fingerprint density at radius 2 is 1.78 bits per heavy atom. The number of methoxy groups -OCH3 is 1. The molecule has 0 unspecified atom stereocenters. The van der Waals surface area contributed by atoms with Crippen molar-refractivity contribution in [2.24, 2.45) is 0 Å². The highest BCUT2D eigenvalue weighted by Crippen LogP contribution is 2.17. The molecule has 6 heteroatoms. The van der Waals surface area contributed by atoms with Crippen LogP contribution in [0.1, 0.15) is 21.7 Å². The number of ether oxygens (including phenoxy) is 1. The van der Waals surface area contributed by atoms with Crippen molar-refractivity contribution in [1.29, 1.82) is 0 Å². The van der Waals surface area contributed by atoms with Crippen LogP contribution in [0.4, 0.5) is 11.6 Å². The first-order valence-corrected chi connectivity index (χ1v) is 8.61. The Balaban J connectivity index is 1.76. The van der Waals surface area contributed by atoms with Gasteiger partial charge in [-0.2, -0.15) is 0 Å². The maximum atomic E-state index is 12.6. The first-order chi connectivity index (χ1) is 13.0. The van der Waals surface area contributed by atoms with Crippen LogP contribution in [0.3, 0.4) is 0 Å². The van der Waals surface area contributed by atoms with Gasteiger partial charge in [0.2, 0.25) is 5.95 Å². The molecule has 3 aromatic rings. The molecule has 0 aliphatic heterocycles. The number of anilines is 2. The van der Waals surface area contributed by atoms with Gasteiger partial charge in [-0.15, -0.1) is 0 Å². The summed E-state index contributed by atoms with van der Waals surface area (Å²) in [5.41, 5.74) is 2.89. The average Bonchev–Trinajstić information content (AvgIpc) is 2.69. The molecule has 0 spiro atoms. The van der Waals surface area contributed by atoms with Crippen LogP contribution in [0.15, 0.2) is 60.7 Å². The van der Waals surface area contributed by atoms with Crippen molar-refractivity contribution in [2.75, 3.05) is 24.4 Å². The molecule has 1 heterocycles. The summed E-state index contributed by atoms with van der Waals surface area (Å²) in [5.74, 6) is 0.967. The van der Waals surface area contributed by atoms with Crippen molar-refractivity contribution in [3.63, 3.8) is 0 Å². The van der Waals surface area contributed by atoms with Crippen molar-refractivity contribution in [3.05, 3.63) is 77.6 Å². The largest absolute Gasteiger partial charge is 0.497 e. The minimum absolute atomic E-state index is 0.278.